The van der Waals surface area contributed by atoms with E-state index in [1.54, 1.807) is 0 Å². The SMILES string of the molecule is Cc1cc(Cl)cc(C)c1NC(=O)NC[C@H]1CC(=O)N(C2CC2)C1. The van der Waals surface area contributed by atoms with Crippen LogP contribution in [0.1, 0.15) is 30.4 Å². The van der Waals surface area contributed by atoms with Crippen molar-refractivity contribution in [2.45, 2.75) is 39.2 Å². The Morgan fingerprint density at radius 2 is 1.96 bits per heavy atom. The molecule has 2 fully saturated rings. The molecule has 2 aliphatic rings. The van der Waals surface area contributed by atoms with Crippen molar-refractivity contribution in [2.24, 2.45) is 5.92 Å². The maximum atomic E-state index is 12.1. The van der Waals surface area contributed by atoms with E-state index in [9.17, 15) is 9.59 Å². The van der Waals surface area contributed by atoms with Gasteiger partial charge in [0.1, 0.15) is 0 Å². The molecule has 1 saturated carbocycles. The van der Waals surface area contributed by atoms with Gasteiger partial charge in [0.25, 0.3) is 0 Å². The molecule has 1 aliphatic heterocycles. The minimum absolute atomic E-state index is 0.210. The molecular formula is C17H22ClN3O2. The van der Waals surface area contributed by atoms with Gasteiger partial charge in [-0.15, -0.1) is 0 Å². The summed E-state index contributed by atoms with van der Waals surface area (Å²) in [5.74, 6) is 0.436. The normalized spacial score (nSPS) is 20.7. The summed E-state index contributed by atoms with van der Waals surface area (Å²) in [5, 5.41) is 6.42. The predicted molar refractivity (Wildman–Crippen MR) is 90.8 cm³/mol. The van der Waals surface area contributed by atoms with E-state index >= 15 is 0 Å². The Morgan fingerprint density at radius 1 is 1.30 bits per heavy atom. The zero-order chi connectivity index (χ0) is 16.6. The lowest BCUT2D eigenvalue weighted by Crippen LogP contribution is -2.34. The molecule has 0 bridgehead atoms. The third kappa shape index (κ3) is 3.78. The number of benzene rings is 1. The number of rotatable bonds is 4. The Hall–Kier alpha value is -1.75. The van der Waals surface area contributed by atoms with Crippen LogP contribution in [-0.4, -0.2) is 36.0 Å². The van der Waals surface area contributed by atoms with E-state index in [0.717, 1.165) is 36.2 Å². The number of nitrogens with one attached hydrogen (secondary N) is 2. The van der Waals surface area contributed by atoms with Gasteiger partial charge >= 0.3 is 6.03 Å². The first-order valence-electron chi connectivity index (χ1n) is 8.05. The zero-order valence-corrected chi connectivity index (χ0v) is 14.2. The van der Waals surface area contributed by atoms with Gasteiger partial charge in [-0.1, -0.05) is 11.6 Å². The molecular weight excluding hydrogens is 314 g/mol. The van der Waals surface area contributed by atoms with Crippen LogP contribution >= 0.6 is 11.6 Å². The molecule has 6 heteroatoms. The third-order valence-corrected chi connectivity index (χ3v) is 4.73. The van der Waals surface area contributed by atoms with Gasteiger partial charge in [0.15, 0.2) is 0 Å². The van der Waals surface area contributed by atoms with Crippen LogP contribution in [-0.2, 0) is 4.79 Å². The van der Waals surface area contributed by atoms with Gasteiger partial charge in [-0.25, -0.2) is 4.79 Å². The number of urea groups is 1. The summed E-state index contributed by atoms with van der Waals surface area (Å²) in [6.07, 6.45) is 2.79. The number of amides is 3. The topological polar surface area (TPSA) is 61.4 Å². The second kappa shape index (κ2) is 6.40. The molecule has 124 valence electrons. The molecule has 0 unspecified atom stereocenters. The fourth-order valence-corrected chi connectivity index (χ4v) is 3.51. The number of aryl methyl sites for hydroxylation is 2. The highest BCUT2D eigenvalue weighted by Gasteiger charge is 2.39. The Balaban J connectivity index is 1.51. The molecule has 5 nitrogen and oxygen atoms in total. The van der Waals surface area contributed by atoms with Crippen LogP contribution in [0.4, 0.5) is 10.5 Å². The van der Waals surface area contributed by atoms with Crippen molar-refractivity contribution in [1.82, 2.24) is 10.2 Å². The van der Waals surface area contributed by atoms with Crippen molar-refractivity contribution in [3.05, 3.63) is 28.3 Å². The highest BCUT2D eigenvalue weighted by Crippen LogP contribution is 2.32. The molecule has 1 saturated heterocycles. The second-order valence-electron chi connectivity index (χ2n) is 6.60. The maximum absolute atomic E-state index is 12.1. The van der Waals surface area contributed by atoms with Crippen molar-refractivity contribution in [3.8, 4) is 0 Å². The standard InChI is InChI=1S/C17H22ClN3O2/c1-10-5-13(18)6-11(2)16(10)20-17(23)19-8-12-7-15(22)21(9-12)14-3-4-14/h5-6,12,14H,3-4,7-9H2,1-2H3,(H2,19,20,23)/t12-/m1/s1. The summed E-state index contributed by atoms with van der Waals surface area (Å²) in [6.45, 7) is 5.12. The zero-order valence-electron chi connectivity index (χ0n) is 13.5. The average molecular weight is 336 g/mol. The Morgan fingerprint density at radius 3 is 2.57 bits per heavy atom. The number of nitrogens with zero attached hydrogens (tertiary/aromatic N) is 1. The molecule has 2 N–H and O–H groups in total. The third-order valence-electron chi connectivity index (χ3n) is 4.51. The molecule has 0 aromatic heterocycles. The fraction of sp³-hybridized carbons (Fsp3) is 0.529. The minimum Gasteiger partial charge on any atom is -0.339 e. The summed E-state index contributed by atoms with van der Waals surface area (Å²) in [6, 6.07) is 3.87. The molecule has 1 heterocycles. The number of carbonyl (C=O) groups is 2. The molecule has 0 radical (unpaired) electrons. The van der Waals surface area contributed by atoms with Gasteiger partial charge in [0.2, 0.25) is 5.91 Å². The van der Waals surface area contributed by atoms with Crippen molar-refractivity contribution >= 4 is 29.2 Å². The lowest BCUT2D eigenvalue weighted by Gasteiger charge is -2.16. The maximum Gasteiger partial charge on any atom is 0.319 e. The van der Waals surface area contributed by atoms with Crippen molar-refractivity contribution in [3.63, 3.8) is 0 Å². The molecule has 1 aromatic carbocycles. The Bertz CT molecular complexity index is 620. The Kier molecular flexibility index (Phi) is 4.48. The summed E-state index contributed by atoms with van der Waals surface area (Å²) in [4.78, 5) is 26.0. The summed E-state index contributed by atoms with van der Waals surface area (Å²) < 4.78 is 0. The second-order valence-corrected chi connectivity index (χ2v) is 7.03. The summed E-state index contributed by atoms with van der Waals surface area (Å²) >= 11 is 6.00. The van der Waals surface area contributed by atoms with E-state index in [2.05, 4.69) is 10.6 Å². The van der Waals surface area contributed by atoms with Crippen LogP contribution in [0.2, 0.25) is 5.02 Å². The van der Waals surface area contributed by atoms with Gasteiger partial charge < -0.3 is 15.5 Å². The van der Waals surface area contributed by atoms with Crippen molar-refractivity contribution in [1.29, 1.82) is 0 Å². The molecule has 0 spiro atoms. The molecule has 1 aliphatic carbocycles. The number of likely N-dealkylation sites (tertiary alicyclic amines) is 1. The van der Waals surface area contributed by atoms with Crippen LogP contribution in [0.25, 0.3) is 0 Å². The summed E-state index contributed by atoms with van der Waals surface area (Å²) in [5.41, 5.74) is 2.65. The lowest BCUT2D eigenvalue weighted by atomic mass is 10.1. The lowest BCUT2D eigenvalue weighted by molar-refractivity contribution is -0.128. The van der Waals surface area contributed by atoms with Gasteiger partial charge in [0.05, 0.1) is 0 Å². The van der Waals surface area contributed by atoms with Gasteiger partial charge in [-0.05, 0) is 49.9 Å². The highest BCUT2D eigenvalue weighted by atomic mass is 35.5. The summed E-state index contributed by atoms with van der Waals surface area (Å²) in [7, 11) is 0. The van der Waals surface area contributed by atoms with E-state index in [1.165, 1.54) is 0 Å². The monoisotopic (exact) mass is 335 g/mol. The molecule has 3 rings (SSSR count). The van der Waals surface area contributed by atoms with Crippen LogP contribution < -0.4 is 10.6 Å². The first kappa shape index (κ1) is 16.1. The number of hydrogen-bond donors (Lipinski definition) is 2. The van der Waals surface area contributed by atoms with Gasteiger partial charge in [-0.2, -0.15) is 0 Å². The number of carbonyl (C=O) groups excluding carboxylic acids is 2. The molecule has 23 heavy (non-hydrogen) atoms. The van der Waals surface area contributed by atoms with Gasteiger partial charge in [0, 0.05) is 42.2 Å². The van der Waals surface area contributed by atoms with Crippen LogP contribution in [0, 0.1) is 19.8 Å². The molecule has 1 atom stereocenters. The molecule has 1 aromatic rings. The van der Waals surface area contributed by atoms with Crippen LogP contribution in [0.3, 0.4) is 0 Å². The van der Waals surface area contributed by atoms with E-state index < -0.39 is 0 Å². The minimum atomic E-state index is -0.240. The van der Waals surface area contributed by atoms with Crippen molar-refractivity contribution in [2.75, 3.05) is 18.4 Å². The largest absolute Gasteiger partial charge is 0.339 e. The number of halogens is 1. The van der Waals surface area contributed by atoms with Crippen LogP contribution in [0.15, 0.2) is 12.1 Å². The number of hydrogen-bond acceptors (Lipinski definition) is 2. The average Bonchev–Trinajstić information content (AvgIpc) is 3.24. The highest BCUT2D eigenvalue weighted by molar-refractivity contribution is 6.30. The van der Waals surface area contributed by atoms with E-state index in [-0.39, 0.29) is 17.9 Å². The van der Waals surface area contributed by atoms with E-state index in [0.29, 0.717) is 24.0 Å². The van der Waals surface area contributed by atoms with E-state index in [4.69, 9.17) is 11.6 Å². The van der Waals surface area contributed by atoms with Crippen LogP contribution in [0.5, 0.6) is 0 Å². The Labute approximate surface area is 141 Å². The fourth-order valence-electron chi connectivity index (χ4n) is 3.19. The molecule has 3 amide bonds. The van der Waals surface area contributed by atoms with Gasteiger partial charge in [-0.3, -0.25) is 4.79 Å². The smallest absolute Gasteiger partial charge is 0.319 e. The first-order valence-corrected chi connectivity index (χ1v) is 8.43. The van der Waals surface area contributed by atoms with E-state index in [1.807, 2.05) is 30.9 Å². The first-order chi connectivity index (χ1) is 10.9. The quantitative estimate of drug-likeness (QED) is 0.888. The number of anilines is 1. The predicted octanol–water partition coefficient (Wildman–Crippen LogP) is 3.09. The van der Waals surface area contributed by atoms with Crippen molar-refractivity contribution < 1.29 is 9.59 Å².